The van der Waals surface area contributed by atoms with Crippen LogP contribution in [0, 0.1) is 19.8 Å². The molecular formula is C20H25N3O2. The molecular weight excluding hydrogens is 314 g/mol. The predicted molar refractivity (Wildman–Crippen MR) is 97.5 cm³/mol. The molecule has 1 heterocycles. The standard InChI is InChI=1S/C20H25N3O2/c1-13-8-17(20(24)23-18(10-21)16-5-6-16)9-14(2)19(13)25-12-15-4-3-7-22-11-15/h3-4,7-9,11,16,18H,5-6,10,12,21H2,1-2H3,(H,23,24). The van der Waals surface area contributed by atoms with Crippen molar-refractivity contribution in [3.63, 3.8) is 0 Å². The van der Waals surface area contributed by atoms with Gasteiger partial charge in [-0.3, -0.25) is 9.78 Å². The Balaban J connectivity index is 1.69. The summed E-state index contributed by atoms with van der Waals surface area (Å²) in [5.74, 6) is 1.29. The summed E-state index contributed by atoms with van der Waals surface area (Å²) in [5, 5.41) is 3.06. The Bertz CT molecular complexity index is 719. The van der Waals surface area contributed by atoms with Crippen molar-refractivity contribution in [2.24, 2.45) is 11.7 Å². The SMILES string of the molecule is Cc1cc(C(=O)NC(CN)C2CC2)cc(C)c1OCc1cccnc1. The summed E-state index contributed by atoms with van der Waals surface area (Å²) in [5.41, 5.74) is 9.34. The molecule has 1 atom stereocenters. The first-order valence-electron chi connectivity index (χ1n) is 8.72. The van der Waals surface area contributed by atoms with Gasteiger partial charge in [-0.1, -0.05) is 6.07 Å². The van der Waals surface area contributed by atoms with E-state index in [1.54, 1.807) is 12.4 Å². The number of nitrogens with zero attached hydrogens (tertiary/aromatic N) is 1. The Kier molecular flexibility index (Phi) is 5.34. The van der Waals surface area contributed by atoms with Crippen LogP contribution in [0.4, 0.5) is 0 Å². The quantitative estimate of drug-likeness (QED) is 0.813. The van der Waals surface area contributed by atoms with E-state index in [1.807, 2.05) is 38.1 Å². The van der Waals surface area contributed by atoms with Crippen molar-refractivity contribution >= 4 is 5.91 Å². The minimum atomic E-state index is -0.0626. The Morgan fingerprint density at radius 3 is 2.64 bits per heavy atom. The first-order chi connectivity index (χ1) is 12.1. The second-order valence-electron chi connectivity index (χ2n) is 6.74. The van der Waals surface area contributed by atoms with Crippen LogP contribution in [0.1, 0.15) is 39.9 Å². The minimum Gasteiger partial charge on any atom is -0.488 e. The van der Waals surface area contributed by atoms with Crippen molar-refractivity contribution in [3.05, 3.63) is 58.9 Å². The van der Waals surface area contributed by atoms with E-state index in [2.05, 4.69) is 10.3 Å². The van der Waals surface area contributed by atoms with E-state index in [0.29, 0.717) is 24.6 Å². The van der Waals surface area contributed by atoms with Gasteiger partial charge in [0.2, 0.25) is 0 Å². The minimum absolute atomic E-state index is 0.0626. The van der Waals surface area contributed by atoms with Gasteiger partial charge in [-0.05, 0) is 61.9 Å². The van der Waals surface area contributed by atoms with Crippen molar-refractivity contribution in [3.8, 4) is 5.75 Å². The molecule has 0 aliphatic heterocycles. The average molecular weight is 339 g/mol. The smallest absolute Gasteiger partial charge is 0.251 e. The lowest BCUT2D eigenvalue weighted by molar-refractivity contribution is 0.0933. The van der Waals surface area contributed by atoms with Gasteiger partial charge in [0.05, 0.1) is 0 Å². The molecule has 1 amide bonds. The Morgan fingerprint density at radius 1 is 1.36 bits per heavy atom. The molecule has 2 aromatic rings. The van der Waals surface area contributed by atoms with Crippen LogP contribution in [-0.4, -0.2) is 23.5 Å². The number of pyridine rings is 1. The van der Waals surface area contributed by atoms with Crippen LogP contribution >= 0.6 is 0 Å². The van der Waals surface area contributed by atoms with E-state index < -0.39 is 0 Å². The van der Waals surface area contributed by atoms with Crippen LogP contribution in [0.5, 0.6) is 5.75 Å². The van der Waals surface area contributed by atoms with Crippen molar-refractivity contribution in [1.29, 1.82) is 0 Å². The van der Waals surface area contributed by atoms with Gasteiger partial charge < -0.3 is 15.8 Å². The predicted octanol–water partition coefficient (Wildman–Crippen LogP) is 2.74. The number of ether oxygens (including phenoxy) is 1. The number of rotatable bonds is 7. The van der Waals surface area contributed by atoms with E-state index >= 15 is 0 Å². The monoisotopic (exact) mass is 339 g/mol. The maximum Gasteiger partial charge on any atom is 0.251 e. The van der Waals surface area contributed by atoms with Crippen molar-refractivity contribution < 1.29 is 9.53 Å². The Labute approximate surface area is 148 Å². The number of hydrogen-bond acceptors (Lipinski definition) is 4. The molecule has 0 spiro atoms. The number of nitrogens with two attached hydrogens (primary N) is 1. The van der Waals surface area contributed by atoms with Crippen LogP contribution in [-0.2, 0) is 6.61 Å². The number of aryl methyl sites for hydroxylation is 2. The fourth-order valence-electron chi connectivity index (χ4n) is 3.07. The normalized spacial score (nSPS) is 14.8. The molecule has 3 rings (SSSR count). The summed E-state index contributed by atoms with van der Waals surface area (Å²) in [4.78, 5) is 16.6. The summed E-state index contributed by atoms with van der Waals surface area (Å²) in [6.07, 6.45) is 5.84. The molecule has 1 fully saturated rings. The van der Waals surface area contributed by atoms with Crippen molar-refractivity contribution in [1.82, 2.24) is 10.3 Å². The zero-order valence-corrected chi connectivity index (χ0v) is 14.8. The molecule has 132 valence electrons. The molecule has 25 heavy (non-hydrogen) atoms. The molecule has 1 aromatic carbocycles. The van der Waals surface area contributed by atoms with Gasteiger partial charge in [0, 0.05) is 36.1 Å². The van der Waals surface area contributed by atoms with Gasteiger partial charge in [0.25, 0.3) is 5.91 Å². The topological polar surface area (TPSA) is 77.2 Å². The lowest BCUT2D eigenvalue weighted by Gasteiger charge is -2.18. The zero-order chi connectivity index (χ0) is 17.8. The van der Waals surface area contributed by atoms with E-state index in [4.69, 9.17) is 10.5 Å². The molecule has 3 N–H and O–H groups in total. The summed E-state index contributed by atoms with van der Waals surface area (Å²) in [6.45, 7) is 4.87. The van der Waals surface area contributed by atoms with Gasteiger partial charge in [-0.2, -0.15) is 0 Å². The summed E-state index contributed by atoms with van der Waals surface area (Å²) >= 11 is 0. The second-order valence-corrected chi connectivity index (χ2v) is 6.74. The van der Waals surface area contributed by atoms with Crippen LogP contribution in [0.3, 0.4) is 0 Å². The van der Waals surface area contributed by atoms with E-state index in [-0.39, 0.29) is 11.9 Å². The number of aromatic nitrogens is 1. The average Bonchev–Trinajstić information content (AvgIpc) is 3.44. The lowest BCUT2D eigenvalue weighted by atomic mass is 10.0. The van der Waals surface area contributed by atoms with E-state index in [9.17, 15) is 4.79 Å². The van der Waals surface area contributed by atoms with Crippen molar-refractivity contribution in [2.45, 2.75) is 39.3 Å². The molecule has 1 saturated carbocycles. The van der Waals surface area contributed by atoms with Gasteiger partial charge in [0.15, 0.2) is 0 Å². The molecule has 0 radical (unpaired) electrons. The maximum absolute atomic E-state index is 12.5. The highest BCUT2D eigenvalue weighted by molar-refractivity contribution is 5.95. The summed E-state index contributed by atoms with van der Waals surface area (Å²) < 4.78 is 5.95. The number of nitrogens with one attached hydrogen (secondary N) is 1. The highest BCUT2D eigenvalue weighted by Gasteiger charge is 2.31. The number of benzene rings is 1. The van der Waals surface area contributed by atoms with Crippen LogP contribution in [0.2, 0.25) is 0 Å². The number of hydrogen-bond donors (Lipinski definition) is 2. The third-order valence-corrected chi connectivity index (χ3v) is 4.59. The van der Waals surface area contributed by atoms with Crippen molar-refractivity contribution in [2.75, 3.05) is 6.54 Å². The molecule has 5 nitrogen and oxygen atoms in total. The Morgan fingerprint density at radius 2 is 2.08 bits per heavy atom. The molecule has 0 saturated heterocycles. The molecule has 0 bridgehead atoms. The zero-order valence-electron chi connectivity index (χ0n) is 14.8. The molecule has 1 aromatic heterocycles. The van der Waals surface area contributed by atoms with Gasteiger partial charge >= 0.3 is 0 Å². The van der Waals surface area contributed by atoms with Crippen LogP contribution in [0.25, 0.3) is 0 Å². The van der Waals surface area contributed by atoms with Crippen LogP contribution < -0.4 is 15.8 Å². The van der Waals surface area contributed by atoms with E-state index in [0.717, 1.165) is 35.3 Å². The Hall–Kier alpha value is -2.40. The molecule has 1 aliphatic rings. The highest BCUT2D eigenvalue weighted by Crippen LogP contribution is 2.32. The molecule has 1 aliphatic carbocycles. The van der Waals surface area contributed by atoms with E-state index in [1.165, 1.54) is 0 Å². The molecule has 5 heteroatoms. The maximum atomic E-state index is 12.5. The largest absolute Gasteiger partial charge is 0.488 e. The third kappa shape index (κ3) is 4.37. The van der Waals surface area contributed by atoms with Crippen LogP contribution in [0.15, 0.2) is 36.7 Å². The number of carbonyl (C=O) groups excluding carboxylic acids is 1. The number of carbonyl (C=O) groups is 1. The van der Waals surface area contributed by atoms with Gasteiger partial charge in [-0.15, -0.1) is 0 Å². The highest BCUT2D eigenvalue weighted by atomic mass is 16.5. The summed E-state index contributed by atoms with van der Waals surface area (Å²) in [7, 11) is 0. The lowest BCUT2D eigenvalue weighted by Crippen LogP contribution is -2.41. The fourth-order valence-corrected chi connectivity index (χ4v) is 3.07. The first-order valence-corrected chi connectivity index (χ1v) is 8.72. The third-order valence-electron chi connectivity index (χ3n) is 4.59. The fraction of sp³-hybridized carbons (Fsp3) is 0.400. The van der Waals surface area contributed by atoms with Gasteiger partial charge in [0.1, 0.15) is 12.4 Å². The molecule has 1 unspecified atom stereocenters. The van der Waals surface area contributed by atoms with Gasteiger partial charge in [-0.25, -0.2) is 0 Å². The second kappa shape index (κ2) is 7.66. The summed E-state index contributed by atoms with van der Waals surface area (Å²) in [6, 6.07) is 7.70. The number of amides is 1. The first kappa shape index (κ1) is 17.4.